The smallest absolute Gasteiger partial charge is 0.310 e. The number of benzene rings is 2. The standard InChI is InChI=1S/C15H12BrFO3/c1-9(15(18)19)10-2-5-12(6-3-10)20-14-7-4-11(16)8-13(14)17/h2-9H,1H3,(H,18,19). The van der Waals surface area contributed by atoms with Gasteiger partial charge in [-0.1, -0.05) is 28.1 Å². The lowest BCUT2D eigenvalue weighted by molar-refractivity contribution is -0.138. The predicted octanol–water partition coefficient (Wildman–Crippen LogP) is 4.57. The molecule has 0 aliphatic heterocycles. The molecule has 0 fully saturated rings. The van der Waals surface area contributed by atoms with Gasteiger partial charge >= 0.3 is 5.97 Å². The number of rotatable bonds is 4. The second kappa shape index (κ2) is 6.05. The van der Waals surface area contributed by atoms with E-state index in [-0.39, 0.29) is 5.75 Å². The molecule has 1 atom stereocenters. The summed E-state index contributed by atoms with van der Waals surface area (Å²) in [5.41, 5.74) is 0.668. The van der Waals surface area contributed by atoms with Crippen molar-refractivity contribution in [3.8, 4) is 11.5 Å². The van der Waals surface area contributed by atoms with Gasteiger partial charge in [0.05, 0.1) is 5.92 Å². The molecular weight excluding hydrogens is 327 g/mol. The number of ether oxygens (including phenoxy) is 1. The minimum atomic E-state index is -0.891. The predicted molar refractivity (Wildman–Crippen MR) is 76.7 cm³/mol. The molecule has 0 bridgehead atoms. The van der Waals surface area contributed by atoms with Crippen molar-refractivity contribution in [3.63, 3.8) is 0 Å². The number of halogens is 2. The van der Waals surface area contributed by atoms with E-state index in [1.54, 1.807) is 37.3 Å². The Bertz CT molecular complexity index is 626. The molecule has 0 saturated heterocycles. The average Bonchev–Trinajstić information content (AvgIpc) is 2.42. The summed E-state index contributed by atoms with van der Waals surface area (Å²) in [5, 5.41) is 8.92. The maximum absolute atomic E-state index is 13.6. The van der Waals surface area contributed by atoms with E-state index >= 15 is 0 Å². The van der Waals surface area contributed by atoms with Crippen LogP contribution in [0.3, 0.4) is 0 Å². The summed E-state index contributed by atoms with van der Waals surface area (Å²) in [6.07, 6.45) is 0. The molecule has 0 spiro atoms. The fourth-order valence-electron chi connectivity index (χ4n) is 1.65. The van der Waals surface area contributed by atoms with Gasteiger partial charge in [-0.05, 0) is 42.8 Å². The van der Waals surface area contributed by atoms with Gasteiger partial charge in [0.15, 0.2) is 11.6 Å². The van der Waals surface area contributed by atoms with Crippen molar-refractivity contribution in [3.05, 3.63) is 58.3 Å². The number of carboxylic acid groups (broad SMARTS) is 1. The van der Waals surface area contributed by atoms with Crippen molar-refractivity contribution in [1.82, 2.24) is 0 Å². The zero-order chi connectivity index (χ0) is 14.7. The second-order valence-corrected chi connectivity index (χ2v) is 5.22. The molecule has 0 aromatic heterocycles. The Morgan fingerprint density at radius 3 is 2.45 bits per heavy atom. The molecule has 1 N–H and O–H groups in total. The summed E-state index contributed by atoms with van der Waals surface area (Å²) in [6, 6.07) is 11.1. The quantitative estimate of drug-likeness (QED) is 0.888. The van der Waals surface area contributed by atoms with E-state index in [0.717, 1.165) is 0 Å². The van der Waals surface area contributed by atoms with Gasteiger partial charge in [-0.2, -0.15) is 0 Å². The Morgan fingerprint density at radius 1 is 1.25 bits per heavy atom. The zero-order valence-electron chi connectivity index (χ0n) is 10.6. The lowest BCUT2D eigenvalue weighted by atomic mass is 10.0. The van der Waals surface area contributed by atoms with Crippen molar-refractivity contribution in [2.45, 2.75) is 12.8 Å². The molecular formula is C15H12BrFO3. The van der Waals surface area contributed by atoms with Crippen LogP contribution in [0.1, 0.15) is 18.4 Å². The molecule has 0 saturated carbocycles. The third-order valence-corrected chi connectivity index (χ3v) is 3.37. The van der Waals surface area contributed by atoms with Crippen molar-refractivity contribution >= 4 is 21.9 Å². The monoisotopic (exact) mass is 338 g/mol. The third kappa shape index (κ3) is 3.36. The summed E-state index contributed by atoms with van der Waals surface area (Å²) in [5.74, 6) is -1.38. The molecule has 20 heavy (non-hydrogen) atoms. The highest BCUT2D eigenvalue weighted by molar-refractivity contribution is 9.10. The van der Waals surface area contributed by atoms with Crippen LogP contribution < -0.4 is 4.74 Å². The molecule has 2 rings (SSSR count). The number of hydrogen-bond donors (Lipinski definition) is 1. The van der Waals surface area contributed by atoms with Crippen molar-refractivity contribution < 1.29 is 19.0 Å². The minimum Gasteiger partial charge on any atom is -0.481 e. The third-order valence-electron chi connectivity index (χ3n) is 2.87. The molecule has 0 amide bonds. The van der Waals surface area contributed by atoms with Crippen LogP contribution in [-0.4, -0.2) is 11.1 Å². The normalized spacial score (nSPS) is 11.9. The SMILES string of the molecule is CC(C(=O)O)c1ccc(Oc2ccc(Br)cc2F)cc1. The lowest BCUT2D eigenvalue weighted by Crippen LogP contribution is -2.06. The van der Waals surface area contributed by atoms with Crippen LogP contribution in [0.5, 0.6) is 11.5 Å². The maximum Gasteiger partial charge on any atom is 0.310 e. The van der Waals surface area contributed by atoms with Crippen LogP contribution in [0.4, 0.5) is 4.39 Å². The molecule has 2 aromatic carbocycles. The van der Waals surface area contributed by atoms with E-state index in [9.17, 15) is 9.18 Å². The van der Waals surface area contributed by atoms with Gasteiger partial charge in [0, 0.05) is 4.47 Å². The van der Waals surface area contributed by atoms with Crippen molar-refractivity contribution in [1.29, 1.82) is 0 Å². The van der Waals surface area contributed by atoms with Crippen molar-refractivity contribution in [2.24, 2.45) is 0 Å². The van der Waals surface area contributed by atoms with Crippen LogP contribution in [0.2, 0.25) is 0 Å². The second-order valence-electron chi connectivity index (χ2n) is 4.31. The number of carboxylic acids is 1. The summed E-state index contributed by atoms with van der Waals surface area (Å²) in [4.78, 5) is 10.9. The fraction of sp³-hybridized carbons (Fsp3) is 0.133. The van der Waals surface area contributed by atoms with E-state index in [2.05, 4.69) is 15.9 Å². The van der Waals surface area contributed by atoms with E-state index in [0.29, 0.717) is 15.8 Å². The van der Waals surface area contributed by atoms with Gasteiger partial charge < -0.3 is 9.84 Å². The summed E-state index contributed by atoms with van der Waals surface area (Å²) >= 11 is 3.17. The highest BCUT2D eigenvalue weighted by Crippen LogP contribution is 2.28. The minimum absolute atomic E-state index is 0.118. The Balaban J connectivity index is 2.16. The highest BCUT2D eigenvalue weighted by atomic mass is 79.9. The number of aliphatic carboxylic acids is 1. The molecule has 0 heterocycles. The number of carbonyl (C=O) groups is 1. The Morgan fingerprint density at radius 2 is 1.90 bits per heavy atom. The first-order valence-electron chi connectivity index (χ1n) is 5.93. The van der Waals surface area contributed by atoms with Gasteiger partial charge in [0.25, 0.3) is 0 Å². The molecule has 104 valence electrons. The Labute approximate surface area is 124 Å². The lowest BCUT2D eigenvalue weighted by Gasteiger charge is -2.09. The zero-order valence-corrected chi connectivity index (χ0v) is 12.2. The largest absolute Gasteiger partial charge is 0.481 e. The van der Waals surface area contributed by atoms with Crippen LogP contribution in [0.15, 0.2) is 46.9 Å². The summed E-state index contributed by atoms with van der Waals surface area (Å²) in [7, 11) is 0. The van der Waals surface area contributed by atoms with Crippen LogP contribution in [0, 0.1) is 5.82 Å². The van der Waals surface area contributed by atoms with Gasteiger partial charge in [-0.25, -0.2) is 4.39 Å². The number of hydrogen-bond acceptors (Lipinski definition) is 2. The molecule has 2 aromatic rings. The van der Waals surface area contributed by atoms with E-state index in [1.165, 1.54) is 12.1 Å². The Kier molecular flexibility index (Phi) is 4.39. The van der Waals surface area contributed by atoms with Crippen molar-refractivity contribution in [2.75, 3.05) is 0 Å². The van der Waals surface area contributed by atoms with Crippen LogP contribution in [-0.2, 0) is 4.79 Å². The molecule has 3 nitrogen and oxygen atoms in total. The first-order valence-corrected chi connectivity index (χ1v) is 6.72. The summed E-state index contributed by atoms with van der Waals surface area (Å²) < 4.78 is 19.7. The molecule has 0 aliphatic rings. The first-order chi connectivity index (χ1) is 9.47. The van der Waals surface area contributed by atoms with Gasteiger partial charge in [-0.15, -0.1) is 0 Å². The van der Waals surface area contributed by atoms with E-state index in [4.69, 9.17) is 9.84 Å². The van der Waals surface area contributed by atoms with E-state index in [1.807, 2.05) is 0 Å². The van der Waals surface area contributed by atoms with Gasteiger partial charge in [0.2, 0.25) is 0 Å². The topological polar surface area (TPSA) is 46.5 Å². The highest BCUT2D eigenvalue weighted by Gasteiger charge is 2.13. The van der Waals surface area contributed by atoms with E-state index < -0.39 is 17.7 Å². The fourth-order valence-corrected chi connectivity index (χ4v) is 1.99. The van der Waals surface area contributed by atoms with Gasteiger partial charge in [-0.3, -0.25) is 4.79 Å². The molecule has 5 heteroatoms. The van der Waals surface area contributed by atoms with Gasteiger partial charge in [0.1, 0.15) is 5.75 Å². The molecule has 0 aliphatic carbocycles. The van der Waals surface area contributed by atoms with Crippen LogP contribution in [0.25, 0.3) is 0 Å². The Hall–Kier alpha value is -1.88. The molecule has 1 unspecified atom stereocenters. The molecule has 0 radical (unpaired) electrons. The van der Waals surface area contributed by atoms with Crippen LogP contribution >= 0.6 is 15.9 Å². The summed E-state index contributed by atoms with van der Waals surface area (Å²) in [6.45, 7) is 1.60. The maximum atomic E-state index is 13.6. The average molecular weight is 339 g/mol. The first kappa shape index (κ1) is 14.5.